The van der Waals surface area contributed by atoms with Gasteiger partial charge in [0.25, 0.3) is 10.0 Å². The fourth-order valence-corrected chi connectivity index (χ4v) is 5.35. The third-order valence-corrected chi connectivity index (χ3v) is 6.56. The van der Waals surface area contributed by atoms with Gasteiger partial charge in [-0.25, -0.2) is 13.4 Å². The second-order valence-corrected chi connectivity index (χ2v) is 7.88. The Bertz CT molecular complexity index is 681. The molecule has 2 aromatic heterocycles. The van der Waals surface area contributed by atoms with Gasteiger partial charge in [-0.3, -0.25) is 4.72 Å². The Labute approximate surface area is 120 Å². The molecule has 0 aliphatic heterocycles. The van der Waals surface area contributed by atoms with E-state index in [2.05, 4.69) is 9.71 Å². The number of rotatable bonds is 4. The van der Waals surface area contributed by atoms with Gasteiger partial charge in [0.1, 0.15) is 4.90 Å². The number of aryl methyl sites for hydroxylation is 3. The molecule has 0 bridgehead atoms. The second kappa shape index (κ2) is 5.20. The Morgan fingerprint density at radius 3 is 2.58 bits per heavy atom. The topological polar surface area (TPSA) is 79.3 Å². The predicted molar refractivity (Wildman–Crippen MR) is 77.4 cm³/mol. The van der Waals surface area contributed by atoms with Gasteiger partial charge in [-0.15, -0.1) is 22.7 Å². The van der Waals surface area contributed by atoms with Gasteiger partial charge in [-0.05, 0) is 31.7 Å². The number of hydrogen-bond acceptors (Lipinski definition) is 6. The van der Waals surface area contributed by atoms with E-state index in [1.807, 2.05) is 13.8 Å². The summed E-state index contributed by atoms with van der Waals surface area (Å²) in [7, 11) is -3.70. The maximum Gasteiger partial charge on any atom is 0.265 e. The van der Waals surface area contributed by atoms with Crippen LogP contribution in [0.4, 0.5) is 5.13 Å². The minimum absolute atomic E-state index is 0.158. The van der Waals surface area contributed by atoms with Gasteiger partial charge in [-0.2, -0.15) is 0 Å². The van der Waals surface area contributed by atoms with E-state index in [0.29, 0.717) is 15.6 Å². The molecule has 104 valence electrons. The summed E-state index contributed by atoms with van der Waals surface area (Å²) in [5, 5.41) is 11.3. The first-order chi connectivity index (χ1) is 8.85. The van der Waals surface area contributed by atoms with E-state index in [4.69, 9.17) is 0 Å². The lowest BCUT2D eigenvalue weighted by Gasteiger charge is -2.06. The third-order valence-electron chi connectivity index (χ3n) is 2.65. The van der Waals surface area contributed by atoms with E-state index >= 15 is 0 Å². The Balaban J connectivity index is 2.40. The first-order valence-corrected chi connectivity index (χ1v) is 8.67. The predicted octanol–water partition coefficient (Wildman–Crippen LogP) is 2.42. The Morgan fingerprint density at radius 2 is 2.05 bits per heavy atom. The molecule has 0 unspecified atom stereocenters. The summed E-state index contributed by atoms with van der Waals surface area (Å²) in [4.78, 5) is 5.73. The van der Waals surface area contributed by atoms with Crippen molar-refractivity contribution in [3.8, 4) is 0 Å². The van der Waals surface area contributed by atoms with E-state index in [1.54, 1.807) is 12.3 Å². The molecular weight excluding hydrogens is 304 g/mol. The summed E-state index contributed by atoms with van der Waals surface area (Å²) in [5.41, 5.74) is 1.44. The lowest BCUT2D eigenvalue weighted by Crippen LogP contribution is -2.14. The van der Waals surface area contributed by atoms with E-state index < -0.39 is 10.0 Å². The van der Waals surface area contributed by atoms with Crippen LogP contribution >= 0.6 is 22.7 Å². The summed E-state index contributed by atoms with van der Waals surface area (Å²) >= 11 is 2.53. The SMILES string of the molecule is Cc1csc(CO)c1S(=O)(=O)Nc1nc(C)c(C)s1. The van der Waals surface area contributed by atoms with Crippen molar-refractivity contribution in [2.75, 3.05) is 4.72 Å². The smallest absolute Gasteiger partial charge is 0.265 e. The highest BCUT2D eigenvalue weighted by molar-refractivity contribution is 7.93. The van der Waals surface area contributed by atoms with Gasteiger partial charge >= 0.3 is 0 Å². The normalized spacial score (nSPS) is 11.8. The maximum atomic E-state index is 12.3. The zero-order valence-electron chi connectivity index (χ0n) is 10.7. The average Bonchev–Trinajstić information content (AvgIpc) is 2.82. The van der Waals surface area contributed by atoms with Crippen molar-refractivity contribution in [2.24, 2.45) is 0 Å². The molecule has 0 saturated carbocycles. The molecule has 5 nitrogen and oxygen atoms in total. The molecule has 0 aromatic carbocycles. The number of anilines is 1. The Kier molecular flexibility index (Phi) is 3.95. The highest BCUT2D eigenvalue weighted by atomic mass is 32.2. The van der Waals surface area contributed by atoms with E-state index in [0.717, 1.165) is 10.6 Å². The van der Waals surface area contributed by atoms with Crippen LogP contribution in [-0.2, 0) is 16.6 Å². The van der Waals surface area contributed by atoms with Crippen molar-refractivity contribution < 1.29 is 13.5 Å². The van der Waals surface area contributed by atoms with Crippen LogP contribution in [0.1, 0.15) is 21.0 Å². The van der Waals surface area contributed by atoms with E-state index in [1.165, 1.54) is 22.7 Å². The molecule has 0 fully saturated rings. The highest BCUT2D eigenvalue weighted by Crippen LogP contribution is 2.30. The van der Waals surface area contributed by atoms with Crippen LogP contribution in [0.15, 0.2) is 10.3 Å². The first-order valence-electron chi connectivity index (χ1n) is 5.50. The summed E-state index contributed by atoms with van der Waals surface area (Å²) < 4.78 is 27.1. The largest absolute Gasteiger partial charge is 0.391 e. The lowest BCUT2D eigenvalue weighted by molar-refractivity contribution is 0.282. The van der Waals surface area contributed by atoms with Crippen LogP contribution in [0.2, 0.25) is 0 Å². The Hall–Kier alpha value is -0.960. The molecule has 0 aliphatic rings. The number of nitrogens with zero attached hydrogens (tertiary/aromatic N) is 1. The third kappa shape index (κ3) is 2.81. The number of aliphatic hydroxyl groups is 1. The fraction of sp³-hybridized carbons (Fsp3) is 0.364. The van der Waals surface area contributed by atoms with Gasteiger partial charge in [0.05, 0.1) is 17.2 Å². The average molecular weight is 318 g/mol. The van der Waals surface area contributed by atoms with Crippen LogP contribution in [0.3, 0.4) is 0 Å². The number of thiazole rings is 1. The quantitative estimate of drug-likeness (QED) is 0.907. The molecule has 0 radical (unpaired) electrons. The van der Waals surface area contributed by atoms with Crippen LogP contribution in [0.5, 0.6) is 0 Å². The Morgan fingerprint density at radius 1 is 1.37 bits per heavy atom. The minimum atomic E-state index is -3.70. The van der Waals surface area contributed by atoms with Crippen molar-refractivity contribution in [1.82, 2.24) is 4.98 Å². The highest BCUT2D eigenvalue weighted by Gasteiger charge is 2.24. The molecule has 0 aliphatic carbocycles. The first kappa shape index (κ1) is 14.4. The molecule has 0 spiro atoms. The minimum Gasteiger partial charge on any atom is -0.391 e. The maximum absolute atomic E-state index is 12.3. The van der Waals surface area contributed by atoms with Crippen LogP contribution in [-0.4, -0.2) is 18.5 Å². The summed E-state index contributed by atoms with van der Waals surface area (Å²) in [6, 6.07) is 0. The van der Waals surface area contributed by atoms with Crippen LogP contribution in [0, 0.1) is 20.8 Å². The number of sulfonamides is 1. The van der Waals surface area contributed by atoms with Crippen LogP contribution in [0.25, 0.3) is 0 Å². The van der Waals surface area contributed by atoms with Gasteiger partial charge in [0.2, 0.25) is 0 Å². The molecule has 8 heteroatoms. The molecule has 0 amide bonds. The van der Waals surface area contributed by atoms with Crippen molar-refractivity contribution >= 4 is 37.8 Å². The molecule has 0 atom stereocenters. The van der Waals surface area contributed by atoms with Crippen LogP contribution < -0.4 is 4.72 Å². The van der Waals surface area contributed by atoms with Crippen molar-refractivity contribution in [3.05, 3.63) is 26.4 Å². The number of aromatic nitrogens is 1. The zero-order valence-corrected chi connectivity index (χ0v) is 13.2. The lowest BCUT2D eigenvalue weighted by atomic mass is 10.3. The standard InChI is InChI=1S/C11H14N2O3S3/c1-6-5-17-9(4-14)10(6)19(15,16)13-11-12-7(2)8(3)18-11/h5,14H,4H2,1-3H3,(H,12,13). The van der Waals surface area contributed by atoms with Gasteiger partial charge in [0, 0.05) is 4.88 Å². The molecule has 0 saturated heterocycles. The number of nitrogens with one attached hydrogen (secondary N) is 1. The molecule has 2 aromatic rings. The number of hydrogen-bond donors (Lipinski definition) is 2. The molecule has 2 N–H and O–H groups in total. The monoisotopic (exact) mass is 318 g/mol. The second-order valence-electron chi connectivity index (χ2n) is 4.10. The van der Waals surface area contributed by atoms with Gasteiger partial charge < -0.3 is 5.11 Å². The summed E-state index contributed by atoms with van der Waals surface area (Å²) in [5.74, 6) is 0. The fourth-order valence-electron chi connectivity index (χ4n) is 1.64. The molecule has 2 rings (SSSR count). The van der Waals surface area contributed by atoms with Crippen molar-refractivity contribution in [2.45, 2.75) is 32.3 Å². The van der Waals surface area contributed by atoms with Crippen molar-refractivity contribution in [1.29, 1.82) is 0 Å². The molecule has 19 heavy (non-hydrogen) atoms. The van der Waals surface area contributed by atoms with E-state index in [9.17, 15) is 13.5 Å². The summed E-state index contributed by atoms with van der Waals surface area (Å²) in [6.45, 7) is 5.14. The molecular formula is C11H14N2O3S3. The zero-order chi connectivity index (χ0) is 14.2. The number of aliphatic hydroxyl groups excluding tert-OH is 1. The summed E-state index contributed by atoms with van der Waals surface area (Å²) in [6.07, 6.45) is 0. The van der Waals surface area contributed by atoms with E-state index in [-0.39, 0.29) is 11.5 Å². The van der Waals surface area contributed by atoms with Crippen molar-refractivity contribution in [3.63, 3.8) is 0 Å². The molecule has 2 heterocycles. The van der Waals surface area contributed by atoms with Gasteiger partial charge in [-0.1, -0.05) is 0 Å². The number of thiophene rings is 1. The van der Waals surface area contributed by atoms with Gasteiger partial charge in [0.15, 0.2) is 5.13 Å².